The number of nitrogens with zero attached hydrogens (tertiary/aromatic N) is 1. The van der Waals surface area contributed by atoms with Crippen LogP contribution in [0, 0.1) is 11.8 Å². The van der Waals surface area contributed by atoms with Gasteiger partial charge in [0.1, 0.15) is 0 Å². The Morgan fingerprint density at radius 2 is 1.83 bits per heavy atom. The first-order valence-electron chi connectivity index (χ1n) is 9.00. The normalized spacial score (nSPS) is 21.5. The minimum Gasteiger partial charge on any atom is -0.396 e. The van der Waals surface area contributed by atoms with E-state index in [-0.39, 0.29) is 12.6 Å². The van der Waals surface area contributed by atoms with Gasteiger partial charge in [0.05, 0.1) is 0 Å². The summed E-state index contributed by atoms with van der Waals surface area (Å²) in [5, 5.41) is 14.4. The fourth-order valence-electron chi connectivity index (χ4n) is 3.57. The second-order valence-electron chi connectivity index (χ2n) is 7.10. The van der Waals surface area contributed by atoms with Crippen LogP contribution in [0.5, 0.6) is 0 Å². The molecule has 0 bridgehead atoms. The van der Waals surface area contributed by atoms with Crippen LogP contribution >= 0.6 is 0 Å². The number of amides is 2. The van der Waals surface area contributed by atoms with Crippen LogP contribution in [0.3, 0.4) is 0 Å². The Balaban J connectivity index is 1.89. The van der Waals surface area contributed by atoms with Crippen molar-refractivity contribution in [2.75, 3.05) is 26.2 Å². The third-order valence-corrected chi connectivity index (χ3v) is 4.52. The number of likely N-dealkylation sites (tertiary alicyclic amines) is 1. The highest BCUT2D eigenvalue weighted by molar-refractivity contribution is 5.73. The molecule has 0 saturated carbocycles. The Kier molecular flexibility index (Phi) is 7.53. The summed E-state index contributed by atoms with van der Waals surface area (Å²) < 4.78 is 0. The molecule has 2 amide bonds. The molecule has 2 unspecified atom stereocenters. The third-order valence-electron chi connectivity index (χ3n) is 4.52. The molecule has 1 aromatic carbocycles. The zero-order valence-corrected chi connectivity index (χ0v) is 14.9. The molecular weight excluding hydrogens is 302 g/mol. The van der Waals surface area contributed by atoms with Gasteiger partial charge in [-0.3, -0.25) is 4.90 Å². The molecule has 0 aromatic heterocycles. The van der Waals surface area contributed by atoms with Gasteiger partial charge in [0, 0.05) is 39.3 Å². The molecule has 24 heavy (non-hydrogen) atoms. The molecule has 1 heterocycles. The highest BCUT2D eigenvalue weighted by Crippen LogP contribution is 2.23. The third kappa shape index (κ3) is 6.13. The van der Waals surface area contributed by atoms with Crippen LogP contribution in [-0.4, -0.2) is 42.3 Å². The first-order chi connectivity index (χ1) is 11.6. The number of benzene rings is 1. The summed E-state index contributed by atoms with van der Waals surface area (Å²) >= 11 is 0. The van der Waals surface area contributed by atoms with Crippen molar-refractivity contribution in [2.24, 2.45) is 11.8 Å². The van der Waals surface area contributed by atoms with Gasteiger partial charge in [-0.2, -0.15) is 0 Å². The van der Waals surface area contributed by atoms with E-state index in [4.69, 9.17) is 5.11 Å². The predicted molar refractivity (Wildman–Crippen MR) is 96.6 cm³/mol. The lowest BCUT2D eigenvalue weighted by Gasteiger charge is -2.35. The largest absolute Gasteiger partial charge is 0.396 e. The molecule has 1 saturated heterocycles. The summed E-state index contributed by atoms with van der Waals surface area (Å²) in [6.07, 6.45) is 1.89. The van der Waals surface area contributed by atoms with Crippen molar-refractivity contribution in [1.29, 1.82) is 0 Å². The van der Waals surface area contributed by atoms with Crippen LogP contribution in [0.4, 0.5) is 4.79 Å². The Hall–Kier alpha value is -1.59. The molecule has 1 aliphatic rings. The van der Waals surface area contributed by atoms with Crippen molar-refractivity contribution in [3.63, 3.8) is 0 Å². The second kappa shape index (κ2) is 9.64. The van der Waals surface area contributed by atoms with Crippen LogP contribution < -0.4 is 10.6 Å². The monoisotopic (exact) mass is 333 g/mol. The van der Waals surface area contributed by atoms with E-state index in [0.717, 1.165) is 31.5 Å². The maximum atomic E-state index is 11.8. The number of carbonyl (C=O) groups excluding carboxylic acids is 1. The summed E-state index contributed by atoms with van der Waals surface area (Å²) in [7, 11) is 0. The molecule has 1 aromatic rings. The Labute approximate surface area is 145 Å². The molecule has 5 heteroatoms. The van der Waals surface area contributed by atoms with Gasteiger partial charge in [0.25, 0.3) is 0 Å². The van der Waals surface area contributed by atoms with Crippen LogP contribution in [0.15, 0.2) is 24.3 Å². The molecule has 1 aliphatic heterocycles. The number of rotatable bonds is 7. The summed E-state index contributed by atoms with van der Waals surface area (Å²) in [5.74, 6) is 1.49. The maximum Gasteiger partial charge on any atom is 0.315 e. The number of nitrogens with one attached hydrogen (secondary N) is 2. The van der Waals surface area contributed by atoms with Gasteiger partial charge < -0.3 is 15.7 Å². The van der Waals surface area contributed by atoms with E-state index in [0.29, 0.717) is 19.5 Å². The smallest absolute Gasteiger partial charge is 0.315 e. The van der Waals surface area contributed by atoms with Crippen LogP contribution in [0.1, 0.15) is 37.8 Å². The van der Waals surface area contributed by atoms with Crippen molar-refractivity contribution < 1.29 is 9.90 Å². The van der Waals surface area contributed by atoms with Crippen LogP contribution in [0.2, 0.25) is 0 Å². The van der Waals surface area contributed by atoms with Crippen molar-refractivity contribution >= 4 is 6.03 Å². The van der Waals surface area contributed by atoms with E-state index in [1.807, 2.05) is 6.07 Å². The maximum absolute atomic E-state index is 11.8. The van der Waals surface area contributed by atoms with Gasteiger partial charge in [-0.1, -0.05) is 38.1 Å². The number of aliphatic hydroxyl groups excluding tert-OH is 1. The van der Waals surface area contributed by atoms with Crippen LogP contribution in [0.25, 0.3) is 0 Å². The van der Waals surface area contributed by atoms with Gasteiger partial charge in [0.2, 0.25) is 0 Å². The number of aliphatic hydroxyl groups is 1. The van der Waals surface area contributed by atoms with Crippen molar-refractivity contribution in [1.82, 2.24) is 15.5 Å². The summed E-state index contributed by atoms with van der Waals surface area (Å²) in [5.41, 5.74) is 2.45. The Bertz CT molecular complexity index is 511. The Morgan fingerprint density at radius 3 is 2.50 bits per heavy atom. The van der Waals surface area contributed by atoms with Crippen molar-refractivity contribution in [3.05, 3.63) is 35.4 Å². The van der Waals surface area contributed by atoms with Crippen molar-refractivity contribution in [2.45, 2.75) is 39.8 Å². The summed E-state index contributed by atoms with van der Waals surface area (Å²) in [4.78, 5) is 14.3. The molecule has 3 N–H and O–H groups in total. The molecule has 0 aliphatic carbocycles. The lowest BCUT2D eigenvalue weighted by atomic mass is 9.91. The van der Waals surface area contributed by atoms with Crippen LogP contribution in [-0.2, 0) is 13.1 Å². The van der Waals surface area contributed by atoms with E-state index in [9.17, 15) is 4.79 Å². The minimum atomic E-state index is -0.182. The first-order valence-corrected chi connectivity index (χ1v) is 9.00. The second-order valence-corrected chi connectivity index (χ2v) is 7.10. The standard InChI is InChI=1S/C19H31N3O2/c1-15-10-16(2)13-22(12-15)14-18-7-4-3-6-17(18)11-21-19(24)20-8-5-9-23/h3-4,6-7,15-16,23H,5,8-14H2,1-2H3,(H2,20,21,24). The highest BCUT2D eigenvalue weighted by Gasteiger charge is 2.22. The lowest BCUT2D eigenvalue weighted by molar-refractivity contribution is 0.134. The SMILES string of the molecule is CC1CC(C)CN(Cc2ccccc2CNC(=O)NCCCO)C1. The number of hydrogen-bond donors (Lipinski definition) is 3. The zero-order chi connectivity index (χ0) is 17.4. The number of piperidine rings is 1. The van der Waals surface area contributed by atoms with E-state index < -0.39 is 0 Å². The minimum absolute atomic E-state index is 0.0930. The van der Waals surface area contributed by atoms with Crippen molar-refractivity contribution in [3.8, 4) is 0 Å². The quantitative estimate of drug-likeness (QED) is 0.671. The molecule has 2 atom stereocenters. The van der Waals surface area contributed by atoms with E-state index in [2.05, 4.69) is 47.6 Å². The summed E-state index contributed by atoms with van der Waals surface area (Å²) in [6, 6.07) is 8.14. The molecule has 0 spiro atoms. The fraction of sp³-hybridized carbons (Fsp3) is 0.632. The van der Waals surface area contributed by atoms with Gasteiger partial charge >= 0.3 is 6.03 Å². The predicted octanol–water partition coefficient (Wildman–Crippen LogP) is 2.35. The van der Waals surface area contributed by atoms with E-state index >= 15 is 0 Å². The average Bonchev–Trinajstić information content (AvgIpc) is 2.53. The zero-order valence-electron chi connectivity index (χ0n) is 14.9. The Morgan fingerprint density at radius 1 is 1.17 bits per heavy atom. The molecule has 0 radical (unpaired) electrons. The molecule has 5 nitrogen and oxygen atoms in total. The summed E-state index contributed by atoms with van der Waals surface area (Å²) in [6.45, 7) is 9.00. The topological polar surface area (TPSA) is 64.6 Å². The molecule has 134 valence electrons. The van der Waals surface area contributed by atoms with Gasteiger partial charge in [-0.25, -0.2) is 4.79 Å². The molecular formula is C19H31N3O2. The first kappa shape index (κ1) is 18.7. The van der Waals surface area contributed by atoms with Gasteiger partial charge in [-0.05, 0) is 35.8 Å². The number of hydrogen-bond acceptors (Lipinski definition) is 3. The van der Waals surface area contributed by atoms with Gasteiger partial charge in [-0.15, -0.1) is 0 Å². The fourth-order valence-corrected chi connectivity index (χ4v) is 3.57. The van der Waals surface area contributed by atoms with E-state index in [1.54, 1.807) is 0 Å². The molecule has 2 rings (SSSR count). The van der Waals surface area contributed by atoms with E-state index in [1.165, 1.54) is 17.5 Å². The highest BCUT2D eigenvalue weighted by atomic mass is 16.3. The number of urea groups is 1. The molecule has 1 fully saturated rings. The number of carbonyl (C=O) groups is 1. The average molecular weight is 333 g/mol. The lowest BCUT2D eigenvalue weighted by Crippen LogP contribution is -2.39. The van der Waals surface area contributed by atoms with Gasteiger partial charge in [0.15, 0.2) is 0 Å².